The highest BCUT2D eigenvalue weighted by Gasteiger charge is 2.19. The molecule has 1 rings (SSSR count). The van der Waals surface area contributed by atoms with Crippen molar-refractivity contribution in [2.24, 2.45) is 11.0 Å². The van der Waals surface area contributed by atoms with Crippen LogP contribution >= 0.6 is 0 Å². The lowest BCUT2D eigenvalue weighted by Crippen LogP contribution is -2.17. The SMILES string of the molecule is CC(C)C(=O)CCC1=NN(C)C(C)C1. The third-order valence-electron chi connectivity index (χ3n) is 2.77. The van der Waals surface area contributed by atoms with Gasteiger partial charge >= 0.3 is 0 Å². The first kappa shape index (κ1) is 11.2. The summed E-state index contributed by atoms with van der Waals surface area (Å²) in [6.45, 7) is 6.06. The van der Waals surface area contributed by atoms with Gasteiger partial charge in [0.05, 0.1) is 0 Å². The van der Waals surface area contributed by atoms with Crippen LogP contribution in [0.1, 0.15) is 40.0 Å². The lowest BCUT2D eigenvalue weighted by atomic mass is 10.0. The number of hydrogen-bond acceptors (Lipinski definition) is 3. The lowest BCUT2D eigenvalue weighted by Gasteiger charge is -2.11. The monoisotopic (exact) mass is 196 g/mol. The molecule has 0 aromatic carbocycles. The van der Waals surface area contributed by atoms with Crippen LogP contribution in [-0.4, -0.2) is 29.6 Å². The summed E-state index contributed by atoms with van der Waals surface area (Å²) in [4.78, 5) is 11.4. The second-order valence-corrected chi connectivity index (χ2v) is 4.41. The summed E-state index contributed by atoms with van der Waals surface area (Å²) in [6.07, 6.45) is 2.50. The van der Waals surface area contributed by atoms with E-state index in [9.17, 15) is 4.79 Å². The van der Waals surface area contributed by atoms with Gasteiger partial charge in [-0.3, -0.25) is 9.80 Å². The molecule has 1 aliphatic heterocycles. The molecule has 0 saturated carbocycles. The van der Waals surface area contributed by atoms with Crippen LogP contribution in [0.4, 0.5) is 0 Å². The maximum Gasteiger partial charge on any atom is 0.135 e. The summed E-state index contributed by atoms with van der Waals surface area (Å²) < 4.78 is 0. The Kier molecular flexibility index (Phi) is 3.67. The number of Topliss-reactive ketones (excluding diaryl/α,β-unsaturated/α-hetero) is 1. The fraction of sp³-hybridized carbons (Fsp3) is 0.818. The van der Waals surface area contributed by atoms with Gasteiger partial charge in [-0.2, -0.15) is 5.10 Å². The number of rotatable bonds is 4. The van der Waals surface area contributed by atoms with Crippen molar-refractivity contribution in [3.8, 4) is 0 Å². The average molecular weight is 196 g/mol. The number of carbonyl (C=O) groups is 1. The molecule has 3 heteroatoms. The zero-order valence-electron chi connectivity index (χ0n) is 9.58. The van der Waals surface area contributed by atoms with E-state index in [-0.39, 0.29) is 5.92 Å². The van der Waals surface area contributed by atoms with Crippen molar-refractivity contribution in [1.82, 2.24) is 5.01 Å². The van der Waals surface area contributed by atoms with E-state index in [0.29, 0.717) is 18.2 Å². The topological polar surface area (TPSA) is 32.7 Å². The number of ketones is 1. The average Bonchev–Trinajstić information content (AvgIpc) is 2.42. The second-order valence-electron chi connectivity index (χ2n) is 4.41. The van der Waals surface area contributed by atoms with Gasteiger partial charge in [-0.1, -0.05) is 13.8 Å². The Labute approximate surface area is 86.2 Å². The first-order valence-electron chi connectivity index (χ1n) is 5.32. The summed E-state index contributed by atoms with van der Waals surface area (Å²) in [5.74, 6) is 0.502. The standard InChI is InChI=1S/C11H20N2O/c1-8(2)11(14)6-5-10-7-9(3)13(4)12-10/h8-9H,5-7H2,1-4H3. The maximum absolute atomic E-state index is 11.4. The van der Waals surface area contributed by atoms with Crippen molar-refractivity contribution in [2.75, 3.05) is 7.05 Å². The van der Waals surface area contributed by atoms with Crippen LogP contribution in [0.3, 0.4) is 0 Å². The first-order chi connectivity index (χ1) is 6.50. The van der Waals surface area contributed by atoms with Gasteiger partial charge in [0.25, 0.3) is 0 Å². The van der Waals surface area contributed by atoms with Crippen molar-refractivity contribution in [1.29, 1.82) is 0 Å². The molecule has 1 unspecified atom stereocenters. The predicted octanol–water partition coefficient (Wildman–Crippen LogP) is 2.07. The highest BCUT2D eigenvalue weighted by Crippen LogP contribution is 2.16. The number of nitrogens with zero attached hydrogens (tertiary/aromatic N) is 2. The Morgan fingerprint density at radius 3 is 2.71 bits per heavy atom. The highest BCUT2D eigenvalue weighted by atomic mass is 16.1. The lowest BCUT2D eigenvalue weighted by molar-refractivity contribution is -0.121. The van der Waals surface area contributed by atoms with Crippen LogP contribution in [0.15, 0.2) is 5.10 Å². The van der Waals surface area contributed by atoms with E-state index in [1.165, 1.54) is 5.71 Å². The Balaban J connectivity index is 2.33. The van der Waals surface area contributed by atoms with Gasteiger partial charge in [-0.25, -0.2) is 0 Å². The van der Waals surface area contributed by atoms with Crippen LogP contribution < -0.4 is 0 Å². The molecule has 0 N–H and O–H groups in total. The molecule has 1 heterocycles. The Hall–Kier alpha value is -0.860. The minimum absolute atomic E-state index is 0.159. The summed E-state index contributed by atoms with van der Waals surface area (Å²) in [5.41, 5.74) is 1.18. The molecule has 3 nitrogen and oxygen atoms in total. The fourth-order valence-electron chi connectivity index (χ4n) is 1.54. The van der Waals surface area contributed by atoms with E-state index in [0.717, 1.165) is 12.8 Å². The number of hydrogen-bond donors (Lipinski definition) is 0. The zero-order valence-corrected chi connectivity index (χ0v) is 9.58. The van der Waals surface area contributed by atoms with E-state index in [4.69, 9.17) is 0 Å². The van der Waals surface area contributed by atoms with E-state index in [1.54, 1.807) is 0 Å². The third kappa shape index (κ3) is 2.82. The first-order valence-corrected chi connectivity index (χ1v) is 5.32. The summed E-state index contributed by atoms with van der Waals surface area (Å²) in [7, 11) is 1.99. The van der Waals surface area contributed by atoms with Crippen molar-refractivity contribution in [2.45, 2.75) is 46.1 Å². The molecule has 14 heavy (non-hydrogen) atoms. The molecular formula is C11H20N2O. The largest absolute Gasteiger partial charge is 0.299 e. The summed E-state index contributed by atoms with van der Waals surface area (Å²) in [6, 6.07) is 0.499. The third-order valence-corrected chi connectivity index (χ3v) is 2.77. The molecule has 0 bridgehead atoms. The van der Waals surface area contributed by atoms with Crippen LogP contribution in [0.25, 0.3) is 0 Å². The van der Waals surface area contributed by atoms with E-state index < -0.39 is 0 Å². The summed E-state index contributed by atoms with van der Waals surface area (Å²) >= 11 is 0. The quantitative estimate of drug-likeness (QED) is 0.689. The molecular weight excluding hydrogens is 176 g/mol. The van der Waals surface area contributed by atoms with E-state index >= 15 is 0 Å². The normalized spacial score (nSPS) is 21.6. The number of hydrazone groups is 1. The minimum Gasteiger partial charge on any atom is -0.299 e. The van der Waals surface area contributed by atoms with Gasteiger partial charge in [0.15, 0.2) is 0 Å². The van der Waals surface area contributed by atoms with E-state index in [2.05, 4.69) is 12.0 Å². The van der Waals surface area contributed by atoms with Gasteiger partial charge in [0.1, 0.15) is 5.78 Å². The van der Waals surface area contributed by atoms with Crippen molar-refractivity contribution in [3.63, 3.8) is 0 Å². The van der Waals surface area contributed by atoms with Crippen molar-refractivity contribution in [3.05, 3.63) is 0 Å². The molecule has 1 atom stereocenters. The molecule has 0 aliphatic carbocycles. The van der Waals surface area contributed by atoms with Gasteiger partial charge < -0.3 is 0 Å². The predicted molar refractivity (Wildman–Crippen MR) is 58.4 cm³/mol. The molecule has 1 aliphatic rings. The molecule has 0 spiro atoms. The van der Waals surface area contributed by atoms with Gasteiger partial charge in [0.2, 0.25) is 0 Å². The molecule has 80 valence electrons. The Bertz CT molecular complexity index is 246. The molecule has 0 fully saturated rings. The smallest absolute Gasteiger partial charge is 0.135 e. The molecule has 0 aromatic heterocycles. The molecule has 0 aromatic rings. The molecule has 0 radical (unpaired) electrons. The van der Waals surface area contributed by atoms with Gasteiger partial charge in [-0.15, -0.1) is 0 Å². The minimum atomic E-state index is 0.159. The second kappa shape index (κ2) is 4.58. The Morgan fingerprint density at radius 2 is 2.29 bits per heavy atom. The van der Waals surface area contributed by atoms with Crippen molar-refractivity contribution >= 4 is 11.5 Å². The fourth-order valence-corrected chi connectivity index (χ4v) is 1.54. The van der Waals surface area contributed by atoms with E-state index in [1.807, 2.05) is 25.9 Å². The van der Waals surface area contributed by atoms with Crippen LogP contribution in [0, 0.1) is 5.92 Å². The van der Waals surface area contributed by atoms with Crippen LogP contribution in [0.5, 0.6) is 0 Å². The zero-order chi connectivity index (χ0) is 10.7. The summed E-state index contributed by atoms with van der Waals surface area (Å²) in [5, 5.41) is 6.38. The van der Waals surface area contributed by atoms with Gasteiger partial charge in [-0.05, 0) is 13.3 Å². The maximum atomic E-state index is 11.4. The highest BCUT2D eigenvalue weighted by molar-refractivity contribution is 5.90. The molecule has 0 saturated heterocycles. The number of carbonyl (C=O) groups excluding carboxylic acids is 1. The van der Waals surface area contributed by atoms with Crippen LogP contribution in [-0.2, 0) is 4.79 Å². The van der Waals surface area contributed by atoms with Crippen LogP contribution in [0.2, 0.25) is 0 Å². The van der Waals surface area contributed by atoms with Crippen molar-refractivity contribution < 1.29 is 4.79 Å². The van der Waals surface area contributed by atoms with Gasteiger partial charge in [0, 0.05) is 37.6 Å². The molecule has 0 amide bonds. The Morgan fingerprint density at radius 1 is 1.64 bits per heavy atom.